The van der Waals surface area contributed by atoms with Gasteiger partial charge in [-0.2, -0.15) is 0 Å². The zero-order valence-electron chi connectivity index (χ0n) is 15.8. The lowest BCUT2D eigenvalue weighted by Gasteiger charge is -2.33. The fourth-order valence-corrected chi connectivity index (χ4v) is 4.08. The standard InChI is InChI=1S/C24H24O3/c1-16-14-26-24-17(2)23(27-15-18-8-4-3-5-9-18)21-11-7-6-10-20(21)22(24)19(16)12-13-25/h3-11,13,16,19H,12,14-15H2,1-2H3. The molecule has 0 saturated carbocycles. The van der Waals surface area contributed by atoms with Crippen LogP contribution in [0, 0.1) is 12.8 Å². The Morgan fingerprint density at radius 1 is 1.07 bits per heavy atom. The largest absolute Gasteiger partial charge is 0.493 e. The van der Waals surface area contributed by atoms with Crippen LogP contribution < -0.4 is 9.47 Å². The van der Waals surface area contributed by atoms with Gasteiger partial charge >= 0.3 is 0 Å². The minimum Gasteiger partial charge on any atom is -0.493 e. The second-order valence-electron chi connectivity index (χ2n) is 7.31. The molecule has 3 heteroatoms. The molecule has 0 radical (unpaired) electrons. The maximum atomic E-state index is 11.3. The Bertz CT molecular complexity index is 962. The molecule has 1 heterocycles. The van der Waals surface area contributed by atoms with Crippen molar-refractivity contribution in [2.24, 2.45) is 5.92 Å². The van der Waals surface area contributed by atoms with Crippen molar-refractivity contribution in [2.45, 2.75) is 32.8 Å². The molecular weight excluding hydrogens is 336 g/mol. The van der Waals surface area contributed by atoms with Gasteiger partial charge in [0.1, 0.15) is 24.4 Å². The first kappa shape index (κ1) is 17.6. The third-order valence-corrected chi connectivity index (χ3v) is 5.51. The minimum atomic E-state index is 0.179. The maximum Gasteiger partial charge on any atom is 0.134 e. The molecule has 0 spiro atoms. The van der Waals surface area contributed by atoms with Crippen LogP contribution in [0.3, 0.4) is 0 Å². The Hall–Kier alpha value is -2.81. The fourth-order valence-electron chi connectivity index (χ4n) is 4.08. The van der Waals surface area contributed by atoms with Crippen LogP contribution in [-0.2, 0) is 11.4 Å². The molecule has 2 atom stereocenters. The molecule has 0 N–H and O–H groups in total. The molecule has 0 amide bonds. The lowest BCUT2D eigenvalue weighted by molar-refractivity contribution is -0.108. The smallest absolute Gasteiger partial charge is 0.134 e. The molecule has 1 aliphatic rings. The minimum absolute atomic E-state index is 0.179. The van der Waals surface area contributed by atoms with Crippen molar-refractivity contribution in [1.82, 2.24) is 0 Å². The van der Waals surface area contributed by atoms with Crippen molar-refractivity contribution in [3.05, 3.63) is 71.3 Å². The van der Waals surface area contributed by atoms with Crippen LogP contribution in [0.15, 0.2) is 54.6 Å². The molecule has 27 heavy (non-hydrogen) atoms. The highest BCUT2D eigenvalue weighted by atomic mass is 16.5. The van der Waals surface area contributed by atoms with Crippen molar-refractivity contribution < 1.29 is 14.3 Å². The molecule has 1 aliphatic heterocycles. The summed E-state index contributed by atoms with van der Waals surface area (Å²) in [5, 5.41) is 2.21. The predicted octanol–water partition coefficient (Wildman–Crippen LogP) is 5.43. The molecule has 3 aromatic rings. The molecule has 3 aromatic carbocycles. The Labute approximate surface area is 159 Å². The van der Waals surface area contributed by atoms with Gasteiger partial charge in [0, 0.05) is 28.9 Å². The number of carbonyl (C=O) groups is 1. The second-order valence-corrected chi connectivity index (χ2v) is 7.31. The zero-order chi connectivity index (χ0) is 18.8. The van der Waals surface area contributed by atoms with Crippen molar-refractivity contribution in [1.29, 1.82) is 0 Å². The Morgan fingerprint density at radius 2 is 1.78 bits per heavy atom. The Morgan fingerprint density at radius 3 is 2.52 bits per heavy atom. The van der Waals surface area contributed by atoms with Gasteiger partial charge in [-0.1, -0.05) is 61.5 Å². The van der Waals surface area contributed by atoms with Crippen molar-refractivity contribution in [3.8, 4) is 11.5 Å². The summed E-state index contributed by atoms with van der Waals surface area (Å²) >= 11 is 0. The van der Waals surface area contributed by atoms with E-state index in [1.807, 2.05) is 30.3 Å². The lowest BCUT2D eigenvalue weighted by atomic mass is 9.79. The second kappa shape index (κ2) is 7.43. The van der Waals surface area contributed by atoms with Gasteiger partial charge in [-0.25, -0.2) is 0 Å². The summed E-state index contributed by atoms with van der Waals surface area (Å²) in [4.78, 5) is 11.3. The summed E-state index contributed by atoms with van der Waals surface area (Å²) in [7, 11) is 0. The molecule has 0 aromatic heterocycles. The Balaban J connectivity index is 1.84. The van der Waals surface area contributed by atoms with E-state index >= 15 is 0 Å². The van der Waals surface area contributed by atoms with E-state index in [1.165, 1.54) is 0 Å². The van der Waals surface area contributed by atoms with Crippen LogP contribution in [0.5, 0.6) is 11.5 Å². The monoisotopic (exact) mass is 360 g/mol. The summed E-state index contributed by atoms with van der Waals surface area (Å²) in [6.45, 7) is 5.35. The van der Waals surface area contributed by atoms with E-state index in [4.69, 9.17) is 9.47 Å². The highest BCUT2D eigenvalue weighted by Crippen LogP contribution is 2.49. The third-order valence-electron chi connectivity index (χ3n) is 5.51. The predicted molar refractivity (Wildman–Crippen MR) is 108 cm³/mol. The summed E-state index contributed by atoms with van der Waals surface area (Å²) in [5.74, 6) is 2.24. The van der Waals surface area contributed by atoms with Crippen LogP contribution in [-0.4, -0.2) is 12.9 Å². The number of ether oxygens (including phenoxy) is 2. The van der Waals surface area contributed by atoms with Gasteiger partial charge in [-0.05, 0) is 23.8 Å². The maximum absolute atomic E-state index is 11.3. The highest BCUT2D eigenvalue weighted by Gasteiger charge is 2.32. The van der Waals surface area contributed by atoms with E-state index in [0.29, 0.717) is 25.6 Å². The molecule has 3 nitrogen and oxygen atoms in total. The van der Waals surface area contributed by atoms with E-state index in [2.05, 4.69) is 38.1 Å². The number of hydrogen-bond acceptors (Lipinski definition) is 3. The molecule has 0 fully saturated rings. The average molecular weight is 360 g/mol. The lowest BCUT2D eigenvalue weighted by Crippen LogP contribution is -2.25. The Kier molecular flexibility index (Phi) is 4.85. The molecular formula is C24H24O3. The highest BCUT2D eigenvalue weighted by molar-refractivity contribution is 5.95. The number of carbonyl (C=O) groups excluding carboxylic acids is 1. The third kappa shape index (κ3) is 3.18. The van der Waals surface area contributed by atoms with Crippen LogP contribution in [0.2, 0.25) is 0 Å². The van der Waals surface area contributed by atoms with Gasteiger partial charge in [0.25, 0.3) is 0 Å². The van der Waals surface area contributed by atoms with Gasteiger partial charge in [0.2, 0.25) is 0 Å². The molecule has 0 aliphatic carbocycles. The number of aldehydes is 1. The number of rotatable bonds is 5. The number of hydrogen-bond donors (Lipinski definition) is 0. The molecule has 138 valence electrons. The fraction of sp³-hybridized carbons (Fsp3) is 0.292. The van der Waals surface area contributed by atoms with Crippen LogP contribution >= 0.6 is 0 Å². The first-order chi connectivity index (χ1) is 13.2. The van der Waals surface area contributed by atoms with Crippen molar-refractivity contribution >= 4 is 17.1 Å². The molecule has 0 saturated heterocycles. The van der Waals surface area contributed by atoms with E-state index < -0.39 is 0 Å². The zero-order valence-corrected chi connectivity index (χ0v) is 15.8. The van der Waals surface area contributed by atoms with Crippen LogP contribution in [0.25, 0.3) is 10.8 Å². The van der Waals surface area contributed by atoms with Crippen LogP contribution in [0.4, 0.5) is 0 Å². The first-order valence-corrected chi connectivity index (χ1v) is 9.49. The number of benzene rings is 3. The van der Waals surface area contributed by atoms with Gasteiger partial charge in [0.05, 0.1) is 6.61 Å². The summed E-state index contributed by atoms with van der Waals surface area (Å²) < 4.78 is 12.4. The topological polar surface area (TPSA) is 35.5 Å². The van der Waals surface area contributed by atoms with E-state index in [-0.39, 0.29) is 5.92 Å². The van der Waals surface area contributed by atoms with Gasteiger partial charge in [-0.15, -0.1) is 0 Å². The summed E-state index contributed by atoms with van der Waals surface area (Å²) in [5.41, 5.74) is 3.30. The average Bonchev–Trinajstić information content (AvgIpc) is 2.70. The van der Waals surface area contributed by atoms with E-state index in [1.54, 1.807) is 0 Å². The summed E-state index contributed by atoms with van der Waals surface area (Å²) in [6, 6.07) is 18.5. The molecule has 2 unspecified atom stereocenters. The van der Waals surface area contributed by atoms with E-state index in [0.717, 1.165) is 45.2 Å². The number of fused-ring (bicyclic) bond motifs is 3. The van der Waals surface area contributed by atoms with Crippen molar-refractivity contribution in [3.63, 3.8) is 0 Å². The van der Waals surface area contributed by atoms with Gasteiger partial charge < -0.3 is 14.3 Å². The SMILES string of the molecule is Cc1c2c(c3ccccc3c1OCc1ccccc1)C(CC=O)C(C)CO2. The molecule has 4 rings (SSSR count). The van der Waals surface area contributed by atoms with Crippen LogP contribution in [0.1, 0.15) is 36.0 Å². The summed E-state index contributed by atoms with van der Waals surface area (Å²) in [6.07, 6.45) is 1.55. The first-order valence-electron chi connectivity index (χ1n) is 9.49. The van der Waals surface area contributed by atoms with Crippen molar-refractivity contribution in [2.75, 3.05) is 6.61 Å². The van der Waals surface area contributed by atoms with Gasteiger partial charge in [-0.3, -0.25) is 0 Å². The molecule has 0 bridgehead atoms. The normalized spacial score (nSPS) is 18.6. The van der Waals surface area contributed by atoms with E-state index in [9.17, 15) is 4.79 Å². The quantitative estimate of drug-likeness (QED) is 0.569. The van der Waals surface area contributed by atoms with Gasteiger partial charge in [0.15, 0.2) is 0 Å².